The first-order chi connectivity index (χ1) is 11.8. The van der Waals surface area contributed by atoms with Crippen LogP contribution in [0.4, 0.5) is 5.82 Å². The Morgan fingerprint density at radius 2 is 1.96 bits per heavy atom. The molecule has 0 bridgehead atoms. The van der Waals surface area contributed by atoms with Crippen LogP contribution in [-0.2, 0) is 0 Å². The molecule has 1 saturated carbocycles. The van der Waals surface area contributed by atoms with E-state index in [1.165, 1.54) is 49.9 Å². The first-order valence-electron chi connectivity index (χ1n) is 9.01. The maximum absolute atomic E-state index is 6.01. The largest absolute Gasteiger partial charge is 0.492 e. The quantitative estimate of drug-likeness (QED) is 0.881. The lowest BCUT2D eigenvalue weighted by Crippen LogP contribution is -2.25. The van der Waals surface area contributed by atoms with E-state index in [2.05, 4.69) is 28.1 Å². The normalized spacial score (nSPS) is 18.0. The average Bonchev–Trinajstić information content (AvgIpc) is 3.32. The molecule has 0 amide bonds. The first kappa shape index (κ1) is 15.5. The number of nitrogens with two attached hydrogens (primary N) is 1. The summed E-state index contributed by atoms with van der Waals surface area (Å²) in [5, 5.41) is 0. The number of ether oxygens (including phenoxy) is 1. The third-order valence-electron chi connectivity index (χ3n) is 4.96. The smallest absolute Gasteiger partial charge is 0.124 e. The second kappa shape index (κ2) is 6.81. The van der Waals surface area contributed by atoms with Gasteiger partial charge in [-0.05, 0) is 80.6 Å². The summed E-state index contributed by atoms with van der Waals surface area (Å²) in [7, 11) is 0. The van der Waals surface area contributed by atoms with Crippen molar-refractivity contribution in [3.63, 3.8) is 0 Å². The van der Waals surface area contributed by atoms with E-state index in [-0.39, 0.29) is 0 Å². The zero-order chi connectivity index (χ0) is 16.4. The Kier molecular flexibility index (Phi) is 4.39. The SMILES string of the molecule is Nc1cccc(-c2ccc(OCCN3CCCC3)cc2C2CC2)n1. The van der Waals surface area contributed by atoms with Gasteiger partial charge in [0.2, 0.25) is 0 Å². The van der Waals surface area contributed by atoms with Crippen molar-refractivity contribution in [2.75, 3.05) is 32.0 Å². The summed E-state index contributed by atoms with van der Waals surface area (Å²) in [6.45, 7) is 4.23. The Morgan fingerprint density at radius 3 is 2.71 bits per heavy atom. The number of hydrogen-bond acceptors (Lipinski definition) is 4. The van der Waals surface area contributed by atoms with Crippen LogP contribution in [0.5, 0.6) is 5.75 Å². The minimum Gasteiger partial charge on any atom is -0.492 e. The van der Waals surface area contributed by atoms with E-state index < -0.39 is 0 Å². The van der Waals surface area contributed by atoms with Crippen molar-refractivity contribution in [3.8, 4) is 17.0 Å². The lowest BCUT2D eigenvalue weighted by molar-refractivity contribution is 0.237. The average molecular weight is 323 g/mol. The van der Waals surface area contributed by atoms with E-state index in [1.807, 2.05) is 18.2 Å². The van der Waals surface area contributed by atoms with Crippen LogP contribution in [0.25, 0.3) is 11.3 Å². The molecule has 4 nitrogen and oxygen atoms in total. The standard InChI is InChI=1S/C20H25N3O/c21-20-5-3-4-19(22-20)17-9-8-16(14-18(17)15-6-7-15)24-13-12-23-10-1-2-11-23/h3-5,8-9,14-15H,1-2,6-7,10-13H2,(H2,21,22). The fourth-order valence-electron chi connectivity index (χ4n) is 3.50. The van der Waals surface area contributed by atoms with E-state index in [0.717, 1.165) is 24.6 Å². The van der Waals surface area contributed by atoms with E-state index in [9.17, 15) is 0 Å². The summed E-state index contributed by atoms with van der Waals surface area (Å²) in [5.41, 5.74) is 9.36. The third kappa shape index (κ3) is 3.54. The zero-order valence-corrected chi connectivity index (χ0v) is 14.1. The number of benzene rings is 1. The monoisotopic (exact) mass is 323 g/mol. The summed E-state index contributed by atoms with van der Waals surface area (Å²) in [6, 6.07) is 12.2. The van der Waals surface area contributed by atoms with Crippen LogP contribution in [0, 0.1) is 0 Å². The number of likely N-dealkylation sites (tertiary alicyclic amines) is 1. The van der Waals surface area contributed by atoms with Gasteiger partial charge in [-0.3, -0.25) is 4.90 Å². The van der Waals surface area contributed by atoms with Gasteiger partial charge >= 0.3 is 0 Å². The van der Waals surface area contributed by atoms with Crippen molar-refractivity contribution in [3.05, 3.63) is 42.0 Å². The molecule has 4 heteroatoms. The number of nitrogen functional groups attached to an aromatic ring is 1. The van der Waals surface area contributed by atoms with Gasteiger partial charge in [0.05, 0.1) is 5.69 Å². The van der Waals surface area contributed by atoms with Gasteiger partial charge in [0.15, 0.2) is 0 Å². The molecule has 2 aromatic rings. The second-order valence-corrected chi connectivity index (χ2v) is 6.87. The van der Waals surface area contributed by atoms with Crippen molar-refractivity contribution >= 4 is 5.82 Å². The predicted octanol–water partition coefficient (Wildman–Crippen LogP) is 3.68. The highest BCUT2D eigenvalue weighted by molar-refractivity contribution is 5.67. The summed E-state index contributed by atoms with van der Waals surface area (Å²) in [6.07, 6.45) is 5.17. The third-order valence-corrected chi connectivity index (χ3v) is 4.96. The van der Waals surface area contributed by atoms with Gasteiger partial charge < -0.3 is 10.5 Å². The number of nitrogens with zero attached hydrogens (tertiary/aromatic N) is 2. The van der Waals surface area contributed by atoms with E-state index in [0.29, 0.717) is 11.7 Å². The molecular formula is C20H25N3O. The highest BCUT2D eigenvalue weighted by Gasteiger charge is 2.27. The van der Waals surface area contributed by atoms with E-state index in [1.54, 1.807) is 0 Å². The van der Waals surface area contributed by atoms with Gasteiger partial charge in [-0.25, -0.2) is 4.98 Å². The molecule has 2 heterocycles. The molecule has 1 aromatic carbocycles. The van der Waals surface area contributed by atoms with Crippen LogP contribution in [0.1, 0.15) is 37.2 Å². The minimum absolute atomic E-state index is 0.570. The summed E-state index contributed by atoms with van der Waals surface area (Å²) >= 11 is 0. The maximum Gasteiger partial charge on any atom is 0.124 e. The van der Waals surface area contributed by atoms with Crippen LogP contribution < -0.4 is 10.5 Å². The number of anilines is 1. The number of aromatic nitrogens is 1. The molecule has 0 radical (unpaired) electrons. The van der Waals surface area contributed by atoms with Gasteiger partial charge in [0, 0.05) is 12.1 Å². The Balaban J connectivity index is 1.49. The van der Waals surface area contributed by atoms with Crippen molar-refractivity contribution < 1.29 is 4.74 Å². The van der Waals surface area contributed by atoms with E-state index in [4.69, 9.17) is 10.5 Å². The predicted molar refractivity (Wildman–Crippen MR) is 97.2 cm³/mol. The molecule has 0 atom stereocenters. The molecule has 0 spiro atoms. The molecule has 1 aliphatic heterocycles. The Bertz CT molecular complexity index is 706. The number of hydrogen-bond donors (Lipinski definition) is 1. The van der Waals surface area contributed by atoms with Crippen molar-refractivity contribution in [2.24, 2.45) is 0 Å². The van der Waals surface area contributed by atoms with Crippen LogP contribution in [-0.4, -0.2) is 36.1 Å². The molecule has 1 saturated heterocycles. The Morgan fingerprint density at radius 1 is 1.12 bits per heavy atom. The first-order valence-corrected chi connectivity index (χ1v) is 9.01. The molecule has 24 heavy (non-hydrogen) atoms. The highest BCUT2D eigenvalue weighted by atomic mass is 16.5. The molecule has 4 rings (SSSR count). The van der Waals surface area contributed by atoms with Gasteiger partial charge in [-0.1, -0.05) is 6.07 Å². The van der Waals surface area contributed by atoms with Crippen LogP contribution >= 0.6 is 0 Å². The van der Waals surface area contributed by atoms with Crippen molar-refractivity contribution in [1.29, 1.82) is 0 Å². The van der Waals surface area contributed by atoms with Gasteiger partial charge in [-0.15, -0.1) is 0 Å². The lowest BCUT2D eigenvalue weighted by Gasteiger charge is -2.16. The number of rotatable bonds is 6. The van der Waals surface area contributed by atoms with Gasteiger partial charge in [0.25, 0.3) is 0 Å². The second-order valence-electron chi connectivity index (χ2n) is 6.87. The lowest BCUT2D eigenvalue weighted by atomic mass is 9.99. The fourth-order valence-corrected chi connectivity index (χ4v) is 3.50. The highest BCUT2D eigenvalue weighted by Crippen LogP contribution is 2.45. The van der Waals surface area contributed by atoms with Gasteiger partial charge in [-0.2, -0.15) is 0 Å². The molecule has 2 fully saturated rings. The molecule has 2 N–H and O–H groups in total. The van der Waals surface area contributed by atoms with Gasteiger partial charge in [0.1, 0.15) is 18.2 Å². The Labute approximate surface area is 143 Å². The Hall–Kier alpha value is -2.07. The number of pyridine rings is 1. The fraction of sp³-hybridized carbons (Fsp3) is 0.450. The summed E-state index contributed by atoms with van der Waals surface area (Å²) in [5.74, 6) is 2.19. The maximum atomic E-state index is 6.01. The van der Waals surface area contributed by atoms with Crippen LogP contribution in [0.2, 0.25) is 0 Å². The molecule has 1 aromatic heterocycles. The molecule has 1 aliphatic carbocycles. The van der Waals surface area contributed by atoms with E-state index >= 15 is 0 Å². The van der Waals surface area contributed by atoms with Crippen LogP contribution in [0.15, 0.2) is 36.4 Å². The molecule has 2 aliphatic rings. The molecule has 0 unspecified atom stereocenters. The summed E-state index contributed by atoms with van der Waals surface area (Å²) < 4.78 is 6.01. The summed E-state index contributed by atoms with van der Waals surface area (Å²) in [4.78, 5) is 6.97. The zero-order valence-electron chi connectivity index (χ0n) is 14.1. The topological polar surface area (TPSA) is 51.4 Å². The van der Waals surface area contributed by atoms with Crippen molar-refractivity contribution in [1.82, 2.24) is 9.88 Å². The molecular weight excluding hydrogens is 298 g/mol. The molecule has 126 valence electrons. The minimum atomic E-state index is 0.570. The van der Waals surface area contributed by atoms with Crippen molar-refractivity contribution in [2.45, 2.75) is 31.6 Å². The van der Waals surface area contributed by atoms with Crippen LogP contribution in [0.3, 0.4) is 0 Å².